The van der Waals surface area contributed by atoms with Gasteiger partial charge in [0.15, 0.2) is 0 Å². The van der Waals surface area contributed by atoms with Crippen molar-refractivity contribution in [3.63, 3.8) is 0 Å². The van der Waals surface area contributed by atoms with Crippen LogP contribution in [0.1, 0.15) is 23.3 Å². The van der Waals surface area contributed by atoms with Crippen molar-refractivity contribution in [2.75, 3.05) is 26.2 Å². The average molecular weight is 403 g/mol. The number of hydrogen-bond acceptors (Lipinski definition) is 3. The van der Waals surface area contributed by atoms with Gasteiger partial charge in [-0.25, -0.2) is 4.98 Å². The molecule has 2 aliphatic heterocycles. The summed E-state index contributed by atoms with van der Waals surface area (Å²) in [6.45, 7) is 3.85. The van der Waals surface area contributed by atoms with Crippen molar-refractivity contribution in [3.8, 4) is 0 Å². The number of halogens is 3. The van der Waals surface area contributed by atoms with Gasteiger partial charge in [0.1, 0.15) is 5.69 Å². The average Bonchev–Trinajstić information content (AvgIpc) is 2.92. The van der Waals surface area contributed by atoms with Crippen LogP contribution in [0, 0.1) is 11.8 Å². The normalized spacial score (nSPS) is 22.5. The number of carbonyl (C=O) groups is 1. The molecule has 0 aliphatic carbocycles. The first-order valence-corrected chi connectivity index (χ1v) is 8.65. The zero-order valence-corrected chi connectivity index (χ0v) is 16.2. The zero-order chi connectivity index (χ0) is 15.8. The number of nitrogens with zero attached hydrogens (tertiary/aromatic N) is 2. The third kappa shape index (κ3) is 4.20. The highest BCUT2D eigenvalue weighted by Gasteiger charge is 2.31. The predicted molar refractivity (Wildman–Crippen MR) is 106 cm³/mol. The monoisotopic (exact) mass is 401 g/mol. The van der Waals surface area contributed by atoms with E-state index in [0.717, 1.165) is 61.8 Å². The van der Waals surface area contributed by atoms with Crippen molar-refractivity contribution in [1.29, 1.82) is 0 Å². The van der Waals surface area contributed by atoms with Crippen molar-refractivity contribution >= 4 is 53.2 Å². The van der Waals surface area contributed by atoms with Gasteiger partial charge in [0, 0.05) is 23.5 Å². The molecule has 2 atom stereocenters. The maximum atomic E-state index is 12.8. The number of nitrogens with one attached hydrogen (secondary N) is 1. The summed E-state index contributed by atoms with van der Waals surface area (Å²) < 4.78 is 0. The predicted octanol–water partition coefficient (Wildman–Crippen LogP) is 3.80. The minimum atomic E-state index is 0. The van der Waals surface area contributed by atoms with Crippen LogP contribution in [0.4, 0.5) is 0 Å². The van der Waals surface area contributed by atoms with Crippen molar-refractivity contribution in [3.05, 3.63) is 41.0 Å². The topological polar surface area (TPSA) is 45.2 Å². The molecule has 2 saturated heterocycles. The number of aromatic nitrogens is 1. The standard InChI is InChI=1S/C18H20ClN3O.2ClH/c19-15-3-1-12-2-4-16(21-17(12)9-15)18(23)22-7-5-13-10-20-11-14(13)6-8-22;;/h1-4,9,13-14,20H,5-8,10-11H2;2*1H/t13-,14+;;. The van der Waals surface area contributed by atoms with Gasteiger partial charge in [0.2, 0.25) is 0 Å². The first-order chi connectivity index (χ1) is 11.2. The molecule has 1 amide bonds. The second-order valence-corrected chi connectivity index (χ2v) is 7.02. The molecule has 2 fully saturated rings. The molecule has 0 unspecified atom stereocenters. The van der Waals surface area contributed by atoms with E-state index in [1.54, 1.807) is 0 Å². The Hall–Kier alpha value is -1.07. The fourth-order valence-electron chi connectivity index (χ4n) is 3.79. The Morgan fingerprint density at radius 2 is 1.72 bits per heavy atom. The molecule has 1 N–H and O–H groups in total. The van der Waals surface area contributed by atoms with E-state index in [-0.39, 0.29) is 30.7 Å². The Kier molecular flexibility index (Phi) is 6.92. The molecule has 1 aromatic heterocycles. The van der Waals surface area contributed by atoms with Crippen LogP contribution >= 0.6 is 36.4 Å². The van der Waals surface area contributed by atoms with E-state index in [1.807, 2.05) is 35.2 Å². The number of likely N-dealkylation sites (tertiary alicyclic amines) is 1. The molecule has 25 heavy (non-hydrogen) atoms. The Bertz CT molecular complexity index is 741. The minimum absolute atomic E-state index is 0. The van der Waals surface area contributed by atoms with Gasteiger partial charge in [0.25, 0.3) is 5.91 Å². The SMILES string of the molecule is Cl.Cl.O=C(c1ccc2ccc(Cl)cc2n1)N1CC[C@@H]2CNC[C@@H]2CC1. The fraction of sp³-hybridized carbons (Fsp3) is 0.444. The molecule has 0 saturated carbocycles. The van der Waals surface area contributed by atoms with Crippen LogP contribution in [0.5, 0.6) is 0 Å². The molecular formula is C18H22Cl3N3O. The maximum Gasteiger partial charge on any atom is 0.272 e. The van der Waals surface area contributed by atoms with Crippen molar-refractivity contribution in [2.45, 2.75) is 12.8 Å². The van der Waals surface area contributed by atoms with Crippen molar-refractivity contribution in [2.24, 2.45) is 11.8 Å². The van der Waals surface area contributed by atoms with Crippen molar-refractivity contribution < 1.29 is 4.79 Å². The van der Waals surface area contributed by atoms with Gasteiger partial charge in [-0.1, -0.05) is 23.7 Å². The molecule has 2 aromatic rings. The Balaban J connectivity index is 0.00000113. The number of hydrogen-bond donors (Lipinski definition) is 1. The molecule has 1 aromatic carbocycles. The van der Waals surface area contributed by atoms with Crippen LogP contribution in [-0.4, -0.2) is 42.0 Å². The Morgan fingerprint density at radius 3 is 2.40 bits per heavy atom. The molecule has 2 aliphatic rings. The third-order valence-electron chi connectivity index (χ3n) is 5.18. The van der Waals surface area contributed by atoms with Crippen LogP contribution in [0.2, 0.25) is 5.02 Å². The summed E-state index contributed by atoms with van der Waals surface area (Å²) in [5.74, 6) is 1.48. The fourth-order valence-corrected chi connectivity index (χ4v) is 3.96. The first kappa shape index (κ1) is 20.2. The second kappa shape index (κ2) is 8.54. The molecule has 7 heteroatoms. The second-order valence-electron chi connectivity index (χ2n) is 6.58. The van der Waals surface area contributed by atoms with Gasteiger partial charge in [-0.05, 0) is 56.0 Å². The zero-order valence-electron chi connectivity index (χ0n) is 13.8. The van der Waals surface area contributed by atoms with E-state index < -0.39 is 0 Å². The molecular weight excluding hydrogens is 381 g/mol. The van der Waals surface area contributed by atoms with Gasteiger partial charge < -0.3 is 10.2 Å². The van der Waals surface area contributed by atoms with E-state index in [0.29, 0.717) is 10.7 Å². The molecule has 0 bridgehead atoms. The van der Waals surface area contributed by atoms with Gasteiger partial charge >= 0.3 is 0 Å². The van der Waals surface area contributed by atoms with E-state index in [1.165, 1.54) is 0 Å². The summed E-state index contributed by atoms with van der Waals surface area (Å²) in [6.07, 6.45) is 2.17. The number of pyridine rings is 1. The van der Waals surface area contributed by atoms with Crippen LogP contribution in [0.3, 0.4) is 0 Å². The van der Waals surface area contributed by atoms with Gasteiger partial charge in [0.05, 0.1) is 5.52 Å². The van der Waals surface area contributed by atoms with Crippen LogP contribution in [0.15, 0.2) is 30.3 Å². The third-order valence-corrected chi connectivity index (χ3v) is 5.41. The summed E-state index contributed by atoms with van der Waals surface area (Å²) in [4.78, 5) is 19.3. The Morgan fingerprint density at radius 1 is 1.08 bits per heavy atom. The number of fused-ring (bicyclic) bond motifs is 2. The van der Waals surface area contributed by atoms with Gasteiger partial charge in [-0.3, -0.25) is 4.79 Å². The van der Waals surface area contributed by atoms with Crippen molar-refractivity contribution in [1.82, 2.24) is 15.2 Å². The summed E-state index contributed by atoms with van der Waals surface area (Å²) in [5, 5.41) is 5.11. The quantitative estimate of drug-likeness (QED) is 0.789. The summed E-state index contributed by atoms with van der Waals surface area (Å²) in [5.41, 5.74) is 1.30. The molecule has 3 heterocycles. The van der Waals surface area contributed by atoms with E-state index in [9.17, 15) is 4.79 Å². The highest BCUT2D eigenvalue weighted by molar-refractivity contribution is 6.31. The summed E-state index contributed by atoms with van der Waals surface area (Å²) in [7, 11) is 0. The lowest BCUT2D eigenvalue weighted by atomic mass is 9.92. The minimum Gasteiger partial charge on any atom is -0.337 e. The number of benzene rings is 1. The molecule has 4 rings (SSSR count). The largest absolute Gasteiger partial charge is 0.337 e. The first-order valence-electron chi connectivity index (χ1n) is 8.27. The van der Waals surface area contributed by atoms with Gasteiger partial charge in [-0.15, -0.1) is 24.8 Å². The molecule has 0 radical (unpaired) electrons. The molecule has 4 nitrogen and oxygen atoms in total. The number of amides is 1. The highest BCUT2D eigenvalue weighted by Crippen LogP contribution is 2.27. The smallest absolute Gasteiger partial charge is 0.272 e. The van der Waals surface area contributed by atoms with Crippen LogP contribution in [-0.2, 0) is 0 Å². The highest BCUT2D eigenvalue weighted by atomic mass is 35.5. The summed E-state index contributed by atoms with van der Waals surface area (Å²) in [6, 6.07) is 9.36. The lowest BCUT2D eigenvalue weighted by Gasteiger charge is -2.20. The lowest BCUT2D eigenvalue weighted by Crippen LogP contribution is -2.33. The Labute approximate surface area is 165 Å². The van der Waals surface area contributed by atoms with E-state index in [2.05, 4.69) is 10.3 Å². The van der Waals surface area contributed by atoms with Gasteiger partial charge in [-0.2, -0.15) is 0 Å². The van der Waals surface area contributed by atoms with E-state index in [4.69, 9.17) is 11.6 Å². The maximum absolute atomic E-state index is 12.8. The van der Waals surface area contributed by atoms with E-state index >= 15 is 0 Å². The summed E-state index contributed by atoms with van der Waals surface area (Å²) >= 11 is 6.03. The number of carbonyl (C=O) groups excluding carboxylic acids is 1. The molecule has 0 spiro atoms. The number of rotatable bonds is 1. The lowest BCUT2D eigenvalue weighted by molar-refractivity contribution is 0.0753. The molecule has 136 valence electrons. The van der Waals surface area contributed by atoms with Crippen LogP contribution < -0.4 is 5.32 Å². The van der Waals surface area contributed by atoms with Crippen LogP contribution in [0.25, 0.3) is 10.9 Å².